The van der Waals surface area contributed by atoms with Crippen LogP contribution in [0.3, 0.4) is 0 Å². The number of carbonyl (C=O) groups excluding carboxylic acids is 1. The number of hydrogen-bond donors (Lipinski definition) is 1. The summed E-state index contributed by atoms with van der Waals surface area (Å²) in [6, 6.07) is 9.92. The smallest absolute Gasteiger partial charge is 0.258 e. The fourth-order valence-corrected chi connectivity index (χ4v) is 3.63. The van der Waals surface area contributed by atoms with E-state index in [0.717, 1.165) is 5.56 Å². The van der Waals surface area contributed by atoms with Crippen molar-refractivity contribution in [3.63, 3.8) is 0 Å². The summed E-state index contributed by atoms with van der Waals surface area (Å²) < 4.78 is 1.62. The van der Waals surface area contributed by atoms with E-state index in [1.807, 2.05) is 30.3 Å². The van der Waals surface area contributed by atoms with Gasteiger partial charge in [-0.1, -0.05) is 41.9 Å². The van der Waals surface area contributed by atoms with E-state index in [1.165, 1.54) is 0 Å². The van der Waals surface area contributed by atoms with Gasteiger partial charge in [-0.2, -0.15) is 5.10 Å². The molecule has 0 saturated carbocycles. The number of carbonyl (C=O) groups is 1. The number of hydrogen-bond acceptors (Lipinski definition) is 5. The van der Waals surface area contributed by atoms with Crippen LogP contribution in [0.5, 0.6) is 0 Å². The zero-order valence-corrected chi connectivity index (χ0v) is 15.6. The van der Waals surface area contributed by atoms with Crippen molar-refractivity contribution >= 4 is 17.5 Å². The molecule has 4 rings (SSSR count). The predicted molar refractivity (Wildman–Crippen MR) is 102 cm³/mol. The van der Waals surface area contributed by atoms with Crippen LogP contribution in [-0.4, -0.2) is 43.1 Å². The fourth-order valence-electron chi connectivity index (χ4n) is 3.38. The van der Waals surface area contributed by atoms with E-state index in [2.05, 4.69) is 15.1 Å². The third-order valence-electron chi connectivity index (χ3n) is 4.81. The molecule has 1 aliphatic heterocycles. The van der Waals surface area contributed by atoms with Crippen molar-refractivity contribution in [1.29, 1.82) is 0 Å². The van der Waals surface area contributed by atoms with Crippen LogP contribution in [0, 0.1) is 0 Å². The largest absolute Gasteiger partial charge is 0.328 e. The number of aromatic nitrogens is 4. The number of benzene rings is 1. The van der Waals surface area contributed by atoms with Crippen LogP contribution in [0.15, 0.2) is 42.7 Å². The van der Waals surface area contributed by atoms with Gasteiger partial charge in [0.05, 0.1) is 29.0 Å². The Balaban J connectivity index is 1.61. The van der Waals surface area contributed by atoms with Gasteiger partial charge in [0.25, 0.3) is 5.91 Å². The molecule has 138 valence electrons. The molecule has 27 heavy (non-hydrogen) atoms. The lowest BCUT2D eigenvalue weighted by Gasteiger charge is -2.26. The maximum Gasteiger partial charge on any atom is 0.258 e. The lowest BCUT2D eigenvalue weighted by molar-refractivity contribution is 0.0707. The second-order valence-corrected chi connectivity index (χ2v) is 6.94. The molecule has 2 aromatic heterocycles. The van der Waals surface area contributed by atoms with E-state index in [9.17, 15) is 4.79 Å². The Hall–Kier alpha value is -2.77. The summed E-state index contributed by atoms with van der Waals surface area (Å²) in [5.41, 5.74) is 8.96. The molecule has 0 fully saturated rings. The van der Waals surface area contributed by atoms with Gasteiger partial charge in [0.15, 0.2) is 5.82 Å². The fraction of sp³-hybridized carbons (Fsp3) is 0.263. The van der Waals surface area contributed by atoms with Crippen LogP contribution in [0.1, 0.15) is 21.6 Å². The van der Waals surface area contributed by atoms with E-state index in [1.54, 1.807) is 29.0 Å². The number of halogens is 1. The number of rotatable bonds is 5. The Kier molecular flexibility index (Phi) is 4.63. The number of aryl methyl sites for hydroxylation is 1. The highest BCUT2D eigenvalue weighted by molar-refractivity contribution is 6.32. The average Bonchev–Trinajstić information content (AvgIpc) is 3.19. The standard InChI is InChI=1S/C19H19ClN6O/c1-25-17(15(20)10-23-25)18-22-9-14-16(24-18)11-26(19(14)27)13(8-21)7-12-5-3-2-4-6-12/h2-6,9-10,13H,7-8,11,21H2,1H3/t13-/m0/s1. The van der Waals surface area contributed by atoms with Gasteiger partial charge in [-0.05, 0) is 12.0 Å². The summed E-state index contributed by atoms with van der Waals surface area (Å²) in [4.78, 5) is 23.6. The minimum atomic E-state index is -0.0992. The van der Waals surface area contributed by atoms with Gasteiger partial charge in [0.2, 0.25) is 0 Å². The van der Waals surface area contributed by atoms with Crippen LogP contribution >= 0.6 is 11.6 Å². The Morgan fingerprint density at radius 2 is 2.04 bits per heavy atom. The van der Waals surface area contributed by atoms with Crippen LogP contribution in [0.25, 0.3) is 11.5 Å². The average molecular weight is 383 g/mol. The highest BCUT2D eigenvalue weighted by Gasteiger charge is 2.34. The first-order chi connectivity index (χ1) is 13.1. The van der Waals surface area contributed by atoms with Crippen molar-refractivity contribution in [2.75, 3.05) is 6.54 Å². The molecule has 0 spiro atoms. The predicted octanol–water partition coefficient (Wildman–Crippen LogP) is 2.06. The number of amides is 1. The Morgan fingerprint density at radius 1 is 1.26 bits per heavy atom. The van der Waals surface area contributed by atoms with Crippen molar-refractivity contribution in [2.45, 2.75) is 19.0 Å². The second-order valence-electron chi connectivity index (χ2n) is 6.53. The number of nitrogens with two attached hydrogens (primary N) is 1. The minimum absolute atomic E-state index is 0.0842. The molecule has 1 atom stereocenters. The van der Waals surface area contributed by atoms with Gasteiger partial charge in [0, 0.05) is 25.8 Å². The van der Waals surface area contributed by atoms with Gasteiger partial charge in [-0.3, -0.25) is 9.48 Å². The van der Waals surface area contributed by atoms with Crippen molar-refractivity contribution in [2.24, 2.45) is 12.8 Å². The summed E-state index contributed by atoms with van der Waals surface area (Å²) in [6.45, 7) is 0.788. The summed E-state index contributed by atoms with van der Waals surface area (Å²) in [6.07, 6.45) is 3.82. The van der Waals surface area contributed by atoms with Crippen LogP contribution in [0.2, 0.25) is 5.02 Å². The molecule has 7 nitrogen and oxygen atoms in total. The van der Waals surface area contributed by atoms with Gasteiger partial charge < -0.3 is 10.6 Å². The van der Waals surface area contributed by atoms with E-state index in [0.29, 0.717) is 47.3 Å². The molecule has 1 amide bonds. The maximum atomic E-state index is 12.9. The van der Waals surface area contributed by atoms with Crippen molar-refractivity contribution in [3.05, 3.63) is 64.6 Å². The Morgan fingerprint density at radius 3 is 2.70 bits per heavy atom. The van der Waals surface area contributed by atoms with Crippen molar-refractivity contribution in [3.8, 4) is 11.5 Å². The highest BCUT2D eigenvalue weighted by Crippen LogP contribution is 2.28. The molecule has 3 heterocycles. The first-order valence-electron chi connectivity index (χ1n) is 8.67. The molecular formula is C19H19ClN6O. The SMILES string of the molecule is Cn1ncc(Cl)c1-c1ncc2c(n1)CN([C@H](CN)Cc1ccccc1)C2=O. The third kappa shape index (κ3) is 3.20. The molecule has 8 heteroatoms. The molecule has 0 bridgehead atoms. The van der Waals surface area contributed by atoms with Crippen molar-refractivity contribution < 1.29 is 4.79 Å². The zero-order chi connectivity index (χ0) is 19.0. The lowest BCUT2D eigenvalue weighted by Crippen LogP contribution is -2.42. The van der Waals surface area contributed by atoms with Gasteiger partial charge >= 0.3 is 0 Å². The van der Waals surface area contributed by atoms with Crippen molar-refractivity contribution in [1.82, 2.24) is 24.6 Å². The lowest BCUT2D eigenvalue weighted by atomic mass is 10.0. The number of nitrogens with zero attached hydrogens (tertiary/aromatic N) is 5. The monoisotopic (exact) mass is 382 g/mol. The van der Waals surface area contributed by atoms with E-state index in [4.69, 9.17) is 17.3 Å². The third-order valence-corrected chi connectivity index (χ3v) is 5.09. The first-order valence-corrected chi connectivity index (χ1v) is 9.05. The molecule has 2 N–H and O–H groups in total. The van der Waals surface area contributed by atoms with Crippen LogP contribution in [-0.2, 0) is 20.0 Å². The molecule has 0 unspecified atom stereocenters. The van der Waals surface area contributed by atoms with Crippen LogP contribution in [0.4, 0.5) is 0 Å². The quantitative estimate of drug-likeness (QED) is 0.729. The van der Waals surface area contributed by atoms with Gasteiger partial charge in [-0.15, -0.1) is 0 Å². The topological polar surface area (TPSA) is 89.9 Å². The molecule has 3 aromatic rings. The van der Waals surface area contributed by atoms with Gasteiger partial charge in [-0.25, -0.2) is 9.97 Å². The number of fused-ring (bicyclic) bond motifs is 1. The summed E-state index contributed by atoms with van der Waals surface area (Å²) >= 11 is 6.19. The maximum absolute atomic E-state index is 12.9. The summed E-state index contributed by atoms with van der Waals surface area (Å²) in [5, 5.41) is 4.59. The zero-order valence-electron chi connectivity index (χ0n) is 14.8. The molecule has 0 radical (unpaired) electrons. The van der Waals surface area contributed by atoms with E-state index < -0.39 is 0 Å². The molecule has 1 aliphatic rings. The Labute approximate surface area is 161 Å². The molecule has 1 aromatic carbocycles. The highest BCUT2D eigenvalue weighted by atomic mass is 35.5. The molecule has 0 aliphatic carbocycles. The normalized spacial score (nSPS) is 14.5. The summed E-state index contributed by atoms with van der Waals surface area (Å²) in [5.74, 6) is 0.375. The van der Waals surface area contributed by atoms with E-state index >= 15 is 0 Å². The Bertz CT molecular complexity index is 968. The minimum Gasteiger partial charge on any atom is -0.328 e. The van der Waals surface area contributed by atoms with Gasteiger partial charge in [0.1, 0.15) is 5.69 Å². The van der Waals surface area contributed by atoms with E-state index in [-0.39, 0.29) is 11.9 Å². The molecule has 0 saturated heterocycles. The first kappa shape index (κ1) is 17.6. The molecular weight excluding hydrogens is 364 g/mol. The second kappa shape index (κ2) is 7.09. The summed E-state index contributed by atoms with van der Waals surface area (Å²) in [7, 11) is 1.78. The van der Waals surface area contributed by atoms with Crippen LogP contribution < -0.4 is 5.73 Å².